The summed E-state index contributed by atoms with van der Waals surface area (Å²) in [6, 6.07) is 7.02. The molecule has 0 unspecified atom stereocenters. The van der Waals surface area contributed by atoms with Gasteiger partial charge in [0.15, 0.2) is 0 Å². The molecule has 2 rings (SSSR count). The summed E-state index contributed by atoms with van der Waals surface area (Å²) in [6.45, 7) is 0. The van der Waals surface area contributed by atoms with Crippen LogP contribution in [0.15, 0.2) is 36.4 Å². The normalized spacial score (nSPS) is 10.3. The number of aromatic carboxylic acids is 1. The van der Waals surface area contributed by atoms with E-state index in [1.165, 1.54) is 18.2 Å². The molecule has 0 saturated heterocycles. The van der Waals surface area contributed by atoms with Crippen molar-refractivity contribution in [2.75, 3.05) is 5.73 Å². The van der Waals surface area contributed by atoms with E-state index in [1.54, 1.807) is 0 Å². The second kappa shape index (κ2) is 4.44. The molecular formula is C13H9F2NO2. The summed E-state index contributed by atoms with van der Waals surface area (Å²) in [5, 5.41) is 8.89. The summed E-state index contributed by atoms with van der Waals surface area (Å²) in [7, 11) is 0. The molecule has 0 aliphatic rings. The van der Waals surface area contributed by atoms with E-state index in [4.69, 9.17) is 10.8 Å². The summed E-state index contributed by atoms with van der Waals surface area (Å²) < 4.78 is 26.2. The maximum absolute atomic E-state index is 13.1. The topological polar surface area (TPSA) is 63.3 Å². The predicted molar refractivity (Wildman–Crippen MR) is 63.2 cm³/mol. The van der Waals surface area contributed by atoms with Crippen molar-refractivity contribution in [3.8, 4) is 11.1 Å². The van der Waals surface area contributed by atoms with Crippen LogP contribution in [0.25, 0.3) is 11.1 Å². The molecule has 2 aromatic rings. The van der Waals surface area contributed by atoms with Crippen molar-refractivity contribution >= 4 is 11.7 Å². The van der Waals surface area contributed by atoms with Gasteiger partial charge in [-0.3, -0.25) is 0 Å². The van der Waals surface area contributed by atoms with E-state index in [2.05, 4.69) is 0 Å². The van der Waals surface area contributed by atoms with Gasteiger partial charge in [0.1, 0.15) is 11.6 Å². The molecule has 0 radical (unpaired) electrons. The molecule has 3 nitrogen and oxygen atoms in total. The monoisotopic (exact) mass is 249 g/mol. The minimum atomic E-state index is -1.15. The zero-order chi connectivity index (χ0) is 13.3. The van der Waals surface area contributed by atoms with Gasteiger partial charge in [0.25, 0.3) is 0 Å². The SMILES string of the molecule is Nc1cc(C(=O)O)cc(-c2cc(F)cc(F)c2)c1. The Bertz CT molecular complexity index is 606. The first-order chi connectivity index (χ1) is 8.45. The summed E-state index contributed by atoms with van der Waals surface area (Å²) in [4.78, 5) is 10.9. The summed E-state index contributed by atoms with van der Waals surface area (Å²) >= 11 is 0. The third kappa shape index (κ3) is 2.45. The molecule has 0 spiro atoms. The van der Waals surface area contributed by atoms with Gasteiger partial charge in [0, 0.05) is 11.8 Å². The molecule has 0 fully saturated rings. The van der Waals surface area contributed by atoms with Crippen LogP contribution < -0.4 is 5.73 Å². The molecule has 3 N–H and O–H groups in total. The third-order valence-corrected chi connectivity index (χ3v) is 2.40. The highest BCUT2D eigenvalue weighted by molar-refractivity contribution is 5.91. The molecule has 0 aliphatic heterocycles. The van der Waals surface area contributed by atoms with Crippen LogP contribution in [0.5, 0.6) is 0 Å². The quantitative estimate of drug-likeness (QED) is 0.804. The van der Waals surface area contributed by atoms with Crippen molar-refractivity contribution in [3.05, 3.63) is 53.6 Å². The van der Waals surface area contributed by atoms with E-state index >= 15 is 0 Å². The molecule has 5 heteroatoms. The first kappa shape index (κ1) is 12.0. The first-order valence-corrected chi connectivity index (χ1v) is 5.06. The maximum atomic E-state index is 13.1. The minimum absolute atomic E-state index is 0.0327. The molecule has 0 aliphatic carbocycles. The van der Waals surface area contributed by atoms with E-state index in [1.807, 2.05) is 0 Å². The summed E-state index contributed by atoms with van der Waals surface area (Å²) in [5.41, 5.74) is 6.34. The fraction of sp³-hybridized carbons (Fsp3) is 0. The smallest absolute Gasteiger partial charge is 0.335 e. The first-order valence-electron chi connectivity index (χ1n) is 5.06. The molecule has 0 bridgehead atoms. The van der Waals surface area contributed by atoms with Crippen LogP contribution in [0, 0.1) is 11.6 Å². The Hall–Kier alpha value is -2.43. The zero-order valence-electron chi connectivity index (χ0n) is 9.15. The van der Waals surface area contributed by atoms with E-state index < -0.39 is 17.6 Å². The van der Waals surface area contributed by atoms with Gasteiger partial charge in [-0.1, -0.05) is 0 Å². The van der Waals surface area contributed by atoms with E-state index in [9.17, 15) is 13.6 Å². The molecular weight excluding hydrogens is 240 g/mol. The summed E-state index contributed by atoms with van der Waals surface area (Å²) in [5.74, 6) is -2.62. The lowest BCUT2D eigenvalue weighted by atomic mass is 10.0. The number of hydrogen-bond acceptors (Lipinski definition) is 2. The van der Waals surface area contributed by atoms with Crippen molar-refractivity contribution < 1.29 is 18.7 Å². The second-order valence-electron chi connectivity index (χ2n) is 3.81. The second-order valence-corrected chi connectivity index (χ2v) is 3.81. The molecule has 92 valence electrons. The van der Waals surface area contributed by atoms with Gasteiger partial charge in [0.2, 0.25) is 0 Å². The Balaban J connectivity index is 2.59. The molecule has 0 heterocycles. The van der Waals surface area contributed by atoms with Crippen LogP contribution in [0.3, 0.4) is 0 Å². The number of anilines is 1. The lowest BCUT2D eigenvalue weighted by Crippen LogP contribution is -1.99. The number of hydrogen-bond donors (Lipinski definition) is 2. The van der Waals surface area contributed by atoms with Crippen molar-refractivity contribution in [1.82, 2.24) is 0 Å². The number of rotatable bonds is 2. The standard InChI is InChI=1S/C13H9F2NO2/c14-10-2-8(3-11(15)6-10)7-1-9(13(17)18)5-12(16)4-7/h1-6H,16H2,(H,17,18). The fourth-order valence-electron chi connectivity index (χ4n) is 1.66. The third-order valence-electron chi connectivity index (χ3n) is 2.40. The summed E-state index contributed by atoms with van der Waals surface area (Å²) in [6.07, 6.45) is 0. The Kier molecular flexibility index (Phi) is 2.97. The Morgan fingerprint density at radius 1 is 0.944 bits per heavy atom. The van der Waals surface area contributed by atoms with E-state index in [0.29, 0.717) is 5.56 Å². The molecule has 0 saturated carbocycles. The molecule has 0 aromatic heterocycles. The van der Waals surface area contributed by atoms with Gasteiger partial charge < -0.3 is 10.8 Å². The van der Waals surface area contributed by atoms with Gasteiger partial charge in [-0.05, 0) is 41.5 Å². The fourth-order valence-corrected chi connectivity index (χ4v) is 1.66. The maximum Gasteiger partial charge on any atom is 0.335 e. The minimum Gasteiger partial charge on any atom is -0.478 e. The average Bonchev–Trinajstić information content (AvgIpc) is 2.26. The zero-order valence-corrected chi connectivity index (χ0v) is 9.15. The van der Waals surface area contributed by atoms with Crippen LogP contribution in [0.1, 0.15) is 10.4 Å². The van der Waals surface area contributed by atoms with E-state index in [0.717, 1.165) is 18.2 Å². The van der Waals surface area contributed by atoms with E-state index in [-0.39, 0.29) is 16.8 Å². The van der Waals surface area contributed by atoms with Gasteiger partial charge in [-0.25, -0.2) is 13.6 Å². The number of carboxylic acids is 1. The van der Waals surface area contributed by atoms with Gasteiger partial charge in [-0.15, -0.1) is 0 Å². The highest BCUT2D eigenvalue weighted by Gasteiger charge is 2.09. The van der Waals surface area contributed by atoms with Crippen LogP contribution in [-0.2, 0) is 0 Å². The van der Waals surface area contributed by atoms with Crippen molar-refractivity contribution in [1.29, 1.82) is 0 Å². The number of benzene rings is 2. The Morgan fingerprint density at radius 2 is 1.50 bits per heavy atom. The van der Waals surface area contributed by atoms with Crippen molar-refractivity contribution in [2.24, 2.45) is 0 Å². The van der Waals surface area contributed by atoms with Crippen molar-refractivity contribution in [3.63, 3.8) is 0 Å². The highest BCUT2D eigenvalue weighted by atomic mass is 19.1. The molecule has 0 amide bonds. The van der Waals surface area contributed by atoms with Gasteiger partial charge in [0.05, 0.1) is 5.56 Å². The number of carboxylic acid groups (broad SMARTS) is 1. The van der Waals surface area contributed by atoms with Crippen LogP contribution in [0.4, 0.5) is 14.5 Å². The van der Waals surface area contributed by atoms with Crippen LogP contribution in [-0.4, -0.2) is 11.1 Å². The molecule has 2 aromatic carbocycles. The van der Waals surface area contributed by atoms with Crippen molar-refractivity contribution in [2.45, 2.75) is 0 Å². The predicted octanol–water partition coefficient (Wildman–Crippen LogP) is 2.91. The van der Waals surface area contributed by atoms with Gasteiger partial charge >= 0.3 is 5.97 Å². The lowest BCUT2D eigenvalue weighted by Gasteiger charge is -2.06. The lowest BCUT2D eigenvalue weighted by molar-refractivity contribution is 0.0697. The molecule has 0 atom stereocenters. The van der Waals surface area contributed by atoms with Crippen LogP contribution >= 0.6 is 0 Å². The average molecular weight is 249 g/mol. The Morgan fingerprint density at radius 3 is 2.06 bits per heavy atom. The largest absolute Gasteiger partial charge is 0.478 e. The number of nitrogen functional groups attached to an aromatic ring is 1. The number of nitrogens with two attached hydrogens (primary N) is 1. The molecule has 18 heavy (non-hydrogen) atoms. The Labute approximate surface area is 101 Å². The number of carbonyl (C=O) groups is 1. The highest BCUT2D eigenvalue weighted by Crippen LogP contribution is 2.25. The van der Waals surface area contributed by atoms with Gasteiger partial charge in [-0.2, -0.15) is 0 Å². The number of halogens is 2. The van der Waals surface area contributed by atoms with Crippen LogP contribution in [0.2, 0.25) is 0 Å².